The first kappa shape index (κ1) is 14.0. The Morgan fingerprint density at radius 3 is 2.29 bits per heavy atom. The number of alkyl halides is 2. The molecule has 1 aromatic rings. The van der Waals surface area contributed by atoms with Crippen LogP contribution >= 0.6 is 23.2 Å². The van der Waals surface area contributed by atoms with Crippen molar-refractivity contribution < 1.29 is 23.0 Å². The molecule has 0 aliphatic heterocycles. The molecule has 7 heteroatoms. The highest BCUT2D eigenvalue weighted by Gasteiger charge is 2.17. The van der Waals surface area contributed by atoms with E-state index >= 15 is 0 Å². The van der Waals surface area contributed by atoms with Crippen molar-refractivity contribution in [3.8, 4) is 5.75 Å². The van der Waals surface area contributed by atoms with E-state index in [1.54, 1.807) is 6.92 Å². The molecule has 0 saturated heterocycles. The van der Waals surface area contributed by atoms with Crippen molar-refractivity contribution in [3.63, 3.8) is 0 Å². The molecule has 0 unspecified atom stereocenters. The second-order valence-corrected chi connectivity index (χ2v) is 3.68. The van der Waals surface area contributed by atoms with Gasteiger partial charge in [-0.3, -0.25) is 0 Å². The van der Waals surface area contributed by atoms with E-state index in [9.17, 15) is 13.6 Å². The van der Waals surface area contributed by atoms with Crippen LogP contribution in [-0.2, 0) is 4.74 Å². The SMILES string of the molecule is CCOC(=O)c1cc(Cl)c(OC(F)F)c(Cl)c1. The van der Waals surface area contributed by atoms with Crippen LogP contribution in [0.2, 0.25) is 10.0 Å². The van der Waals surface area contributed by atoms with Gasteiger partial charge in [-0.15, -0.1) is 0 Å². The molecule has 1 aromatic carbocycles. The van der Waals surface area contributed by atoms with Crippen molar-refractivity contribution >= 4 is 29.2 Å². The van der Waals surface area contributed by atoms with Crippen LogP contribution in [-0.4, -0.2) is 19.2 Å². The number of benzene rings is 1. The highest BCUT2D eigenvalue weighted by atomic mass is 35.5. The molecule has 94 valence electrons. The van der Waals surface area contributed by atoms with Crippen molar-refractivity contribution in [1.82, 2.24) is 0 Å². The number of esters is 1. The van der Waals surface area contributed by atoms with Crippen molar-refractivity contribution in [1.29, 1.82) is 0 Å². The van der Waals surface area contributed by atoms with Crippen molar-refractivity contribution in [2.75, 3.05) is 6.61 Å². The van der Waals surface area contributed by atoms with Crippen LogP contribution in [0.4, 0.5) is 8.78 Å². The zero-order chi connectivity index (χ0) is 13.0. The first-order valence-corrected chi connectivity index (χ1v) is 5.32. The zero-order valence-corrected chi connectivity index (χ0v) is 10.2. The predicted molar refractivity (Wildman–Crippen MR) is 59.1 cm³/mol. The minimum absolute atomic E-state index is 0.0727. The van der Waals surface area contributed by atoms with Gasteiger partial charge in [0.25, 0.3) is 0 Å². The number of ether oxygens (including phenoxy) is 2. The number of carbonyl (C=O) groups is 1. The molecule has 1 rings (SSSR count). The quantitative estimate of drug-likeness (QED) is 0.790. The van der Waals surface area contributed by atoms with E-state index in [4.69, 9.17) is 27.9 Å². The van der Waals surface area contributed by atoms with Crippen LogP contribution in [0.1, 0.15) is 17.3 Å². The summed E-state index contributed by atoms with van der Waals surface area (Å²) in [7, 11) is 0. The summed E-state index contributed by atoms with van der Waals surface area (Å²) >= 11 is 11.3. The van der Waals surface area contributed by atoms with Crippen LogP contribution in [0.5, 0.6) is 5.75 Å². The molecule has 0 bridgehead atoms. The smallest absolute Gasteiger partial charge is 0.387 e. The Hall–Kier alpha value is -1.07. The Labute approximate surface area is 106 Å². The van der Waals surface area contributed by atoms with Gasteiger partial charge in [-0.2, -0.15) is 8.78 Å². The van der Waals surface area contributed by atoms with Crippen LogP contribution in [0.15, 0.2) is 12.1 Å². The molecule has 0 atom stereocenters. The number of carbonyl (C=O) groups excluding carboxylic acids is 1. The van der Waals surface area contributed by atoms with Crippen molar-refractivity contribution in [2.45, 2.75) is 13.5 Å². The van der Waals surface area contributed by atoms with Crippen molar-refractivity contribution in [3.05, 3.63) is 27.7 Å². The molecule has 0 fully saturated rings. The number of rotatable bonds is 4. The van der Waals surface area contributed by atoms with Gasteiger partial charge < -0.3 is 9.47 Å². The third kappa shape index (κ3) is 3.71. The summed E-state index contributed by atoms with van der Waals surface area (Å²) in [5.74, 6) is -1.00. The largest absolute Gasteiger partial charge is 0.462 e. The maximum atomic E-state index is 12.0. The van der Waals surface area contributed by atoms with Gasteiger partial charge in [0.1, 0.15) is 0 Å². The number of halogens is 4. The van der Waals surface area contributed by atoms with Gasteiger partial charge in [0.15, 0.2) is 5.75 Å². The standard InChI is InChI=1S/C10H8Cl2F2O3/c1-2-16-9(15)5-3-6(11)8(7(12)4-5)17-10(13)14/h3-4,10H,2H2,1H3. The van der Waals surface area contributed by atoms with Crippen molar-refractivity contribution in [2.24, 2.45) is 0 Å². The summed E-state index contributed by atoms with van der Waals surface area (Å²) in [6.45, 7) is -1.22. The monoisotopic (exact) mass is 284 g/mol. The lowest BCUT2D eigenvalue weighted by atomic mass is 10.2. The average molecular weight is 285 g/mol. The summed E-state index contributed by atoms with van der Waals surface area (Å²) in [6, 6.07) is 2.31. The first-order valence-electron chi connectivity index (χ1n) is 4.56. The van der Waals surface area contributed by atoms with E-state index in [2.05, 4.69) is 4.74 Å². The molecule has 0 heterocycles. The van der Waals surface area contributed by atoms with Crippen LogP contribution in [0.3, 0.4) is 0 Å². The third-order valence-electron chi connectivity index (χ3n) is 1.72. The molecular weight excluding hydrogens is 277 g/mol. The molecule has 0 spiro atoms. The predicted octanol–water partition coefficient (Wildman–Crippen LogP) is 3.77. The second-order valence-electron chi connectivity index (χ2n) is 2.87. The molecule has 0 aromatic heterocycles. The van der Waals surface area contributed by atoms with E-state index in [1.165, 1.54) is 0 Å². The van der Waals surface area contributed by atoms with E-state index in [-0.39, 0.29) is 28.0 Å². The summed E-state index contributed by atoms with van der Waals surface area (Å²) in [5.41, 5.74) is 0.0727. The fourth-order valence-electron chi connectivity index (χ4n) is 1.09. The molecule has 17 heavy (non-hydrogen) atoms. The summed E-state index contributed by atoms with van der Waals surface area (Å²) < 4.78 is 32.9. The molecule has 0 amide bonds. The lowest BCUT2D eigenvalue weighted by molar-refractivity contribution is -0.0497. The van der Waals surface area contributed by atoms with Gasteiger partial charge >= 0.3 is 12.6 Å². The van der Waals surface area contributed by atoms with E-state index in [0.717, 1.165) is 12.1 Å². The lowest BCUT2D eigenvalue weighted by Crippen LogP contribution is -2.07. The molecule has 3 nitrogen and oxygen atoms in total. The van der Waals surface area contributed by atoms with Crippen LogP contribution in [0, 0.1) is 0 Å². The maximum Gasteiger partial charge on any atom is 0.387 e. The molecule has 0 radical (unpaired) electrons. The van der Waals surface area contributed by atoms with Crippen LogP contribution < -0.4 is 4.74 Å². The fourth-order valence-corrected chi connectivity index (χ4v) is 1.67. The molecule has 0 aliphatic rings. The Kier molecular flexibility index (Phi) is 4.96. The Morgan fingerprint density at radius 2 is 1.88 bits per heavy atom. The lowest BCUT2D eigenvalue weighted by Gasteiger charge is -2.10. The molecule has 0 aliphatic carbocycles. The molecule has 0 saturated carbocycles. The Balaban J connectivity index is 3.04. The van der Waals surface area contributed by atoms with E-state index in [1.807, 2.05) is 0 Å². The first-order chi connectivity index (χ1) is 7.95. The summed E-state index contributed by atoms with van der Waals surface area (Å²) in [6.07, 6.45) is 0. The molecular formula is C10H8Cl2F2O3. The van der Waals surface area contributed by atoms with Gasteiger partial charge in [0.2, 0.25) is 0 Å². The fraction of sp³-hybridized carbons (Fsp3) is 0.300. The minimum Gasteiger partial charge on any atom is -0.462 e. The topological polar surface area (TPSA) is 35.5 Å². The van der Waals surface area contributed by atoms with Gasteiger partial charge in [-0.1, -0.05) is 23.2 Å². The van der Waals surface area contributed by atoms with Crippen LogP contribution in [0.25, 0.3) is 0 Å². The summed E-state index contributed by atoms with van der Waals surface area (Å²) in [4.78, 5) is 11.4. The van der Waals surface area contributed by atoms with Gasteiger partial charge in [-0.05, 0) is 19.1 Å². The van der Waals surface area contributed by atoms with E-state index < -0.39 is 12.6 Å². The van der Waals surface area contributed by atoms with Gasteiger partial charge in [0.05, 0.1) is 22.2 Å². The zero-order valence-electron chi connectivity index (χ0n) is 8.68. The normalized spacial score (nSPS) is 10.5. The van der Waals surface area contributed by atoms with E-state index in [0.29, 0.717) is 0 Å². The second kappa shape index (κ2) is 6.02. The Bertz CT molecular complexity index is 401. The van der Waals surface area contributed by atoms with Gasteiger partial charge in [-0.25, -0.2) is 4.79 Å². The summed E-state index contributed by atoms with van der Waals surface area (Å²) in [5, 5.41) is -0.360. The highest BCUT2D eigenvalue weighted by Crippen LogP contribution is 2.35. The van der Waals surface area contributed by atoms with Gasteiger partial charge in [0, 0.05) is 0 Å². The molecule has 0 N–H and O–H groups in total. The minimum atomic E-state index is -3.04. The number of hydrogen-bond donors (Lipinski definition) is 0. The average Bonchev–Trinajstić information content (AvgIpc) is 2.23. The highest BCUT2D eigenvalue weighted by molar-refractivity contribution is 6.37. The number of hydrogen-bond acceptors (Lipinski definition) is 3. The third-order valence-corrected chi connectivity index (χ3v) is 2.28. The Morgan fingerprint density at radius 1 is 1.35 bits per heavy atom. The maximum absolute atomic E-state index is 12.0.